The molecule has 1 aliphatic carbocycles. The standard InChI is InChI=1S/C12H14INO2/c1-7(8-2-3-8)14-12(16)10-6-9(13)4-5-11(10)15/h4-8,15H,2-3H2,1H3,(H,14,16). The number of hydrogen-bond acceptors (Lipinski definition) is 2. The molecule has 0 heterocycles. The zero-order valence-corrected chi connectivity index (χ0v) is 11.2. The molecule has 0 radical (unpaired) electrons. The number of carbonyl (C=O) groups is 1. The molecule has 0 aromatic heterocycles. The summed E-state index contributed by atoms with van der Waals surface area (Å²) < 4.78 is 0.944. The van der Waals surface area contributed by atoms with Gasteiger partial charge in [-0.2, -0.15) is 0 Å². The van der Waals surface area contributed by atoms with Gasteiger partial charge in [0.05, 0.1) is 5.56 Å². The Morgan fingerprint density at radius 1 is 1.56 bits per heavy atom. The summed E-state index contributed by atoms with van der Waals surface area (Å²) in [6.07, 6.45) is 2.39. The number of halogens is 1. The number of benzene rings is 1. The summed E-state index contributed by atoms with van der Waals surface area (Å²) in [5, 5.41) is 12.5. The topological polar surface area (TPSA) is 49.3 Å². The minimum atomic E-state index is -0.185. The van der Waals surface area contributed by atoms with E-state index in [9.17, 15) is 9.90 Å². The molecule has 1 aromatic rings. The highest BCUT2D eigenvalue weighted by Gasteiger charge is 2.29. The maximum atomic E-state index is 11.9. The lowest BCUT2D eigenvalue weighted by Gasteiger charge is -2.13. The van der Waals surface area contributed by atoms with Gasteiger partial charge in [0.1, 0.15) is 5.75 Å². The Morgan fingerprint density at radius 3 is 2.88 bits per heavy atom. The van der Waals surface area contributed by atoms with Crippen molar-refractivity contribution in [1.29, 1.82) is 0 Å². The van der Waals surface area contributed by atoms with Gasteiger partial charge >= 0.3 is 0 Å². The van der Waals surface area contributed by atoms with Crippen LogP contribution in [0.1, 0.15) is 30.1 Å². The molecule has 1 saturated carbocycles. The first-order chi connectivity index (χ1) is 7.58. The molecule has 16 heavy (non-hydrogen) atoms. The van der Waals surface area contributed by atoms with Crippen molar-refractivity contribution in [2.45, 2.75) is 25.8 Å². The highest BCUT2D eigenvalue weighted by Crippen LogP contribution is 2.32. The van der Waals surface area contributed by atoms with Crippen molar-refractivity contribution in [1.82, 2.24) is 5.32 Å². The Hall–Kier alpha value is -0.780. The van der Waals surface area contributed by atoms with Crippen LogP contribution in [0.3, 0.4) is 0 Å². The lowest BCUT2D eigenvalue weighted by molar-refractivity contribution is 0.0933. The summed E-state index contributed by atoms with van der Waals surface area (Å²) in [5.41, 5.74) is 0.361. The van der Waals surface area contributed by atoms with Gasteiger partial charge in [-0.05, 0) is 66.5 Å². The molecular weight excluding hydrogens is 317 g/mol. The average Bonchev–Trinajstić information content (AvgIpc) is 3.04. The molecule has 1 aliphatic rings. The van der Waals surface area contributed by atoms with Crippen molar-refractivity contribution < 1.29 is 9.90 Å². The van der Waals surface area contributed by atoms with E-state index >= 15 is 0 Å². The summed E-state index contributed by atoms with van der Waals surface area (Å²) in [6.45, 7) is 2.01. The highest BCUT2D eigenvalue weighted by atomic mass is 127. The molecule has 0 bridgehead atoms. The molecule has 4 heteroatoms. The van der Waals surface area contributed by atoms with E-state index in [-0.39, 0.29) is 17.7 Å². The molecular formula is C12H14INO2. The molecule has 1 fully saturated rings. The van der Waals surface area contributed by atoms with Crippen LogP contribution in [-0.4, -0.2) is 17.1 Å². The molecule has 2 N–H and O–H groups in total. The van der Waals surface area contributed by atoms with Gasteiger partial charge in [-0.3, -0.25) is 4.79 Å². The summed E-state index contributed by atoms with van der Waals surface area (Å²) >= 11 is 2.12. The third-order valence-electron chi connectivity index (χ3n) is 2.89. The number of phenols is 1. The van der Waals surface area contributed by atoms with Crippen molar-refractivity contribution in [3.05, 3.63) is 27.3 Å². The monoisotopic (exact) mass is 331 g/mol. The third kappa shape index (κ3) is 2.66. The maximum Gasteiger partial charge on any atom is 0.255 e. The Kier molecular flexibility index (Phi) is 3.37. The molecule has 1 atom stereocenters. The van der Waals surface area contributed by atoms with E-state index in [2.05, 4.69) is 27.9 Å². The molecule has 1 amide bonds. The van der Waals surface area contributed by atoms with Crippen molar-refractivity contribution in [2.24, 2.45) is 5.92 Å². The summed E-state index contributed by atoms with van der Waals surface area (Å²) in [4.78, 5) is 11.9. The van der Waals surface area contributed by atoms with E-state index in [4.69, 9.17) is 0 Å². The van der Waals surface area contributed by atoms with Gasteiger partial charge in [0.25, 0.3) is 5.91 Å². The Labute approximate surface area is 108 Å². The van der Waals surface area contributed by atoms with Crippen LogP contribution in [0.2, 0.25) is 0 Å². The minimum Gasteiger partial charge on any atom is -0.507 e. The first kappa shape index (κ1) is 11.7. The summed E-state index contributed by atoms with van der Waals surface area (Å²) in [6, 6.07) is 5.23. The fourth-order valence-corrected chi connectivity index (χ4v) is 2.18. The first-order valence-electron chi connectivity index (χ1n) is 5.37. The van der Waals surface area contributed by atoms with Crippen molar-refractivity contribution in [3.8, 4) is 5.75 Å². The second kappa shape index (κ2) is 4.61. The molecule has 2 rings (SSSR count). The number of carbonyl (C=O) groups excluding carboxylic acids is 1. The van der Waals surface area contributed by atoms with Crippen molar-refractivity contribution in [2.75, 3.05) is 0 Å². The SMILES string of the molecule is CC(NC(=O)c1cc(I)ccc1O)C1CC1. The molecule has 1 aromatic carbocycles. The first-order valence-corrected chi connectivity index (χ1v) is 6.45. The third-order valence-corrected chi connectivity index (χ3v) is 3.56. The van der Waals surface area contributed by atoms with E-state index in [1.807, 2.05) is 6.92 Å². The quantitative estimate of drug-likeness (QED) is 0.837. The average molecular weight is 331 g/mol. The number of phenolic OH excluding ortho intramolecular Hbond substituents is 1. The number of nitrogens with one attached hydrogen (secondary N) is 1. The molecule has 3 nitrogen and oxygen atoms in total. The highest BCUT2D eigenvalue weighted by molar-refractivity contribution is 14.1. The van der Waals surface area contributed by atoms with Gasteiger partial charge in [-0.15, -0.1) is 0 Å². The lowest BCUT2D eigenvalue weighted by atomic mass is 10.1. The van der Waals surface area contributed by atoms with E-state index in [1.54, 1.807) is 18.2 Å². The van der Waals surface area contributed by atoms with Crippen LogP contribution in [0.25, 0.3) is 0 Å². The number of amides is 1. The fraction of sp³-hybridized carbons (Fsp3) is 0.417. The van der Waals surface area contributed by atoms with Gasteiger partial charge in [-0.1, -0.05) is 0 Å². The Morgan fingerprint density at radius 2 is 2.25 bits per heavy atom. The van der Waals surface area contributed by atoms with E-state index in [0.717, 1.165) is 3.57 Å². The van der Waals surface area contributed by atoms with Crippen LogP contribution < -0.4 is 5.32 Å². The van der Waals surface area contributed by atoms with Crippen LogP contribution in [0, 0.1) is 9.49 Å². The normalized spacial score (nSPS) is 16.9. The predicted molar refractivity (Wildman–Crippen MR) is 70.5 cm³/mol. The van der Waals surface area contributed by atoms with E-state index < -0.39 is 0 Å². The van der Waals surface area contributed by atoms with Gasteiger partial charge < -0.3 is 10.4 Å². The molecule has 0 aliphatic heterocycles. The summed E-state index contributed by atoms with van der Waals surface area (Å²) in [5.74, 6) is 0.477. The van der Waals surface area contributed by atoms with Gasteiger partial charge in [-0.25, -0.2) is 0 Å². The van der Waals surface area contributed by atoms with Crippen LogP contribution >= 0.6 is 22.6 Å². The minimum absolute atomic E-state index is 0.0425. The van der Waals surface area contributed by atoms with Crippen LogP contribution in [0.5, 0.6) is 5.75 Å². The van der Waals surface area contributed by atoms with Crippen molar-refractivity contribution in [3.63, 3.8) is 0 Å². The van der Waals surface area contributed by atoms with Crippen LogP contribution in [-0.2, 0) is 0 Å². The zero-order chi connectivity index (χ0) is 11.7. The van der Waals surface area contributed by atoms with E-state index in [1.165, 1.54) is 12.8 Å². The second-order valence-corrected chi connectivity index (χ2v) is 5.51. The smallest absolute Gasteiger partial charge is 0.255 e. The van der Waals surface area contributed by atoms with Gasteiger partial charge in [0.2, 0.25) is 0 Å². The lowest BCUT2D eigenvalue weighted by Crippen LogP contribution is -2.34. The second-order valence-electron chi connectivity index (χ2n) is 4.26. The van der Waals surface area contributed by atoms with Crippen molar-refractivity contribution >= 4 is 28.5 Å². The molecule has 1 unspecified atom stereocenters. The zero-order valence-electron chi connectivity index (χ0n) is 9.03. The predicted octanol–water partition coefficient (Wildman–Crippen LogP) is 2.53. The molecule has 0 spiro atoms. The number of aromatic hydroxyl groups is 1. The van der Waals surface area contributed by atoms with Gasteiger partial charge in [0, 0.05) is 9.61 Å². The fourth-order valence-electron chi connectivity index (χ4n) is 1.69. The van der Waals surface area contributed by atoms with Crippen LogP contribution in [0.4, 0.5) is 0 Å². The number of rotatable bonds is 3. The van der Waals surface area contributed by atoms with Gasteiger partial charge in [0.15, 0.2) is 0 Å². The number of hydrogen-bond donors (Lipinski definition) is 2. The molecule has 86 valence electrons. The Bertz CT molecular complexity index is 415. The largest absolute Gasteiger partial charge is 0.507 e. The van der Waals surface area contributed by atoms with Crippen LogP contribution in [0.15, 0.2) is 18.2 Å². The maximum absolute atomic E-state index is 11.9. The van der Waals surface area contributed by atoms with E-state index in [0.29, 0.717) is 11.5 Å². The molecule has 0 saturated heterocycles. The summed E-state index contributed by atoms with van der Waals surface area (Å²) in [7, 11) is 0. The Balaban J connectivity index is 2.10.